The fourth-order valence-electron chi connectivity index (χ4n) is 4.64. The molecule has 3 N–H and O–H groups in total. The molecule has 1 aromatic carbocycles. The van der Waals surface area contributed by atoms with E-state index in [0.29, 0.717) is 19.4 Å². The number of hydrogen-bond donors (Lipinski definition) is 3. The number of halogens is 1. The van der Waals surface area contributed by atoms with E-state index in [-0.39, 0.29) is 36.7 Å². The van der Waals surface area contributed by atoms with Crippen molar-refractivity contribution in [2.24, 2.45) is 5.92 Å². The summed E-state index contributed by atoms with van der Waals surface area (Å²) in [6, 6.07) is 1.87. The molecule has 3 rings (SSSR count). The Hall–Kier alpha value is -3.38. The topological polar surface area (TPSA) is 140 Å². The molecule has 1 aromatic rings. The van der Waals surface area contributed by atoms with Gasteiger partial charge in [0, 0.05) is 32.1 Å². The van der Waals surface area contributed by atoms with Gasteiger partial charge in [-0.05, 0) is 31.0 Å². The van der Waals surface area contributed by atoms with E-state index in [1.54, 1.807) is 20.8 Å². The lowest BCUT2D eigenvalue weighted by atomic mass is 10.0. The minimum absolute atomic E-state index is 0.0102. The molecule has 0 unspecified atom stereocenters. The second kappa shape index (κ2) is 11.8. The van der Waals surface area contributed by atoms with Crippen LogP contribution >= 0.6 is 0 Å². The molecule has 0 aliphatic carbocycles. The third-order valence-corrected chi connectivity index (χ3v) is 6.50. The number of imide groups is 1. The van der Waals surface area contributed by atoms with Crippen molar-refractivity contribution in [1.29, 1.82) is 0 Å². The van der Waals surface area contributed by atoms with Gasteiger partial charge in [-0.15, -0.1) is 0 Å². The van der Waals surface area contributed by atoms with Gasteiger partial charge in [0.2, 0.25) is 12.1 Å². The van der Waals surface area contributed by atoms with Crippen LogP contribution in [0.3, 0.4) is 0 Å². The van der Waals surface area contributed by atoms with Crippen LogP contribution in [-0.2, 0) is 23.9 Å². The minimum atomic E-state index is -1.10. The SMILES string of the molecule is CCO[C@H]1CC(=O)O[C@H]1NC(=O)[N+]1(C(=O)[C@@H](NC(=O)c2ccc(NC(C)=O)cc2F)C(C)C)CCCC1. The molecule has 5 amide bonds. The quantitative estimate of drug-likeness (QED) is 0.351. The number of rotatable bonds is 8. The third kappa shape index (κ3) is 6.31. The lowest BCUT2D eigenvalue weighted by Crippen LogP contribution is -2.67. The number of nitrogens with one attached hydrogen (secondary N) is 3. The number of cyclic esters (lactones) is 1. The van der Waals surface area contributed by atoms with Crippen LogP contribution in [0.5, 0.6) is 0 Å². The summed E-state index contributed by atoms with van der Waals surface area (Å²) in [6.45, 7) is 7.20. The van der Waals surface area contributed by atoms with E-state index in [0.717, 1.165) is 6.07 Å². The number of ether oxygens (including phenoxy) is 2. The van der Waals surface area contributed by atoms with E-state index in [4.69, 9.17) is 9.47 Å². The van der Waals surface area contributed by atoms with Crippen LogP contribution in [-0.4, -0.2) is 72.3 Å². The first kappa shape index (κ1) is 28.2. The molecule has 0 spiro atoms. The number of esters is 1. The predicted octanol–water partition coefficient (Wildman–Crippen LogP) is 2.06. The molecular weight excluding hydrogens is 487 g/mol. The van der Waals surface area contributed by atoms with Crippen LogP contribution in [0.4, 0.5) is 14.9 Å². The maximum absolute atomic E-state index is 14.6. The Morgan fingerprint density at radius 2 is 1.86 bits per heavy atom. The van der Waals surface area contributed by atoms with Crippen LogP contribution in [0.2, 0.25) is 0 Å². The van der Waals surface area contributed by atoms with Crippen molar-refractivity contribution in [1.82, 2.24) is 10.6 Å². The summed E-state index contributed by atoms with van der Waals surface area (Å²) in [5.41, 5.74) is -0.114. The minimum Gasteiger partial charge on any atom is -0.439 e. The summed E-state index contributed by atoms with van der Waals surface area (Å²) in [6.07, 6.45) is -0.480. The van der Waals surface area contributed by atoms with E-state index in [1.165, 1.54) is 19.1 Å². The van der Waals surface area contributed by atoms with Crippen LogP contribution in [0.15, 0.2) is 18.2 Å². The lowest BCUT2D eigenvalue weighted by molar-refractivity contribution is -0.761. The number of amides is 5. The Balaban J connectivity index is 1.80. The van der Waals surface area contributed by atoms with Gasteiger partial charge in [-0.25, -0.2) is 14.0 Å². The first-order valence-electron chi connectivity index (χ1n) is 12.4. The molecule has 2 saturated heterocycles. The highest BCUT2D eigenvalue weighted by molar-refractivity contribution is 5.99. The highest BCUT2D eigenvalue weighted by atomic mass is 19.1. The zero-order chi connectivity index (χ0) is 27.3. The van der Waals surface area contributed by atoms with Crippen molar-refractivity contribution in [3.05, 3.63) is 29.6 Å². The number of carbonyl (C=O) groups is 5. The molecule has 37 heavy (non-hydrogen) atoms. The van der Waals surface area contributed by atoms with Crippen molar-refractivity contribution in [3.63, 3.8) is 0 Å². The smallest absolute Gasteiger partial charge is 0.427 e. The van der Waals surface area contributed by atoms with Crippen molar-refractivity contribution >= 4 is 35.4 Å². The van der Waals surface area contributed by atoms with Gasteiger partial charge < -0.3 is 20.1 Å². The standard InChI is InChI=1S/C25H33FN4O7/c1-5-36-19-13-20(32)37-23(19)29-25(35)30(10-6-7-11-30)24(34)21(14(2)3)28-22(33)17-9-8-16(12-18(17)26)27-15(4)31/h8-9,12,14,19,21,23H,5-7,10-11,13H2,1-4H3,(H2-,27,28,29,31,33,35)/p+1/t19-,21-,23+/m0/s1. The van der Waals surface area contributed by atoms with E-state index in [9.17, 15) is 28.4 Å². The number of anilines is 1. The first-order valence-corrected chi connectivity index (χ1v) is 12.4. The molecule has 202 valence electrons. The summed E-state index contributed by atoms with van der Waals surface area (Å²) in [5, 5.41) is 7.69. The number of nitrogens with zero attached hydrogens (tertiary/aromatic N) is 1. The van der Waals surface area contributed by atoms with Gasteiger partial charge in [0.05, 0.1) is 25.1 Å². The van der Waals surface area contributed by atoms with E-state index in [2.05, 4.69) is 16.0 Å². The van der Waals surface area contributed by atoms with Gasteiger partial charge >= 0.3 is 17.9 Å². The van der Waals surface area contributed by atoms with Crippen molar-refractivity contribution < 1.29 is 42.3 Å². The number of hydrogen-bond acceptors (Lipinski definition) is 7. The Labute approximate surface area is 214 Å². The Kier molecular flexibility index (Phi) is 8.98. The molecule has 2 heterocycles. The Morgan fingerprint density at radius 3 is 2.43 bits per heavy atom. The molecule has 2 aliphatic heterocycles. The fraction of sp³-hybridized carbons (Fsp3) is 0.560. The number of urea groups is 1. The van der Waals surface area contributed by atoms with Crippen molar-refractivity contribution in [3.8, 4) is 0 Å². The average molecular weight is 522 g/mol. The van der Waals surface area contributed by atoms with E-state index < -0.39 is 58.4 Å². The molecule has 2 aliphatic rings. The zero-order valence-corrected chi connectivity index (χ0v) is 21.5. The van der Waals surface area contributed by atoms with Gasteiger partial charge in [-0.3, -0.25) is 19.7 Å². The maximum atomic E-state index is 14.6. The molecule has 11 nitrogen and oxygen atoms in total. The van der Waals surface area contributed by atoms with Gasteiger partial charge in [-0.1, -0.05) is 13.8 Å². The molecule has 0 aromatic heterocycles. The number of likely N-dealkylation sites (tertiary alicyclic amines) is 1. The molecule has 0 saturated carbocycles. The second-order valence-electron chi connectivity index (χ2n) is 9.59. The largest absolute Gasteiger partial charge is 0.439 e. The van der Waals surface area contributed by atoms with Gasteiger partial charge in [-0.2, -0.15) is 4.48 Å². The highest BCUT2D eigenvalue weighted by Gasteiger charge is 2.53. The van der Waals surface area contributed by atoms with Gasteiger partial charge in [0.1, 0.15) is 18.0 Å². The lowest BCUT2D eigenvalue weighted by Gasteiger charge is -2.34. The Morgan fingerprint density at radius 1 is 1.19 bits per heavy atom. The second-order valence-corrected chi connectivity index (χ2v) is 9.59. The summed E-state index contributed by atoms with van der Waals surface area (Å²) >= 11 is 0. The molecular formula is C25H34FN4O7+. The molecule has 0 bridgehead atoms. The molecule has 12 heteroatoms. The Bertz CT molecular complexity index is 1070. The van der Waals surface area contributed by atoms with Crippen LogP contribution in [0.1, 0.15) is 57.3 Å². The number of benzene rings is 1. The van der Waals surface area contributed by atoms with Crippen molar-refractivity contribution in [2.45, 2.75) is 65.3 Å². The highest BCUT2D eigenvalue weighted by Crippen LogP contribution is 2.26. The molecule has 2 fully saturated rings. The fourth-order valence-corrected chi connectivity index (χ4v) is 4.64. The van der Waals surface area contributed by atoms with Gasteiger partial charge in [0.15, 0.2) is 0 Å². The van der Waals surface area contributed by atoms with Crippen molar-refractivity contribution in [2.75, 3.05) is 25.0 Å². The van der Waals surface area contributed by atoms with Crippen LogP contribution in [0, 0.1) is 11.7 Å². The summed E-state index contributed by atoms with van der Waals surface area (Å²) in [5.74, 6) is -3.54. The summed E-state index contributed by atoms with van der Waals surface area (Å²) in [7, 11) is 0. The monoisotopic (exact) mass is 521 g/mol. The number of quaternary nitrogens is 1. The normalized spacial score (nSPS) is 21.3. The summed E-state index contributed by atoms with van der Waals surface area (Å²) < 4.78 is 24.8. The first-order chi connectivity index (χ1) is 17.5. The van der Waals surface area contributed by atoms with Gasteiger partial charge in [0.25, 0.3) is 5.91 Å². The molecule has 3 atom stereocenters. The number of carbonyl (C=O) groups excluding carboxylic acids is 5. The molecule has 0 radical (unpaired) electrons. The van der Waals surface area contributed by atoms with Crippen LogP contribution in [0.25, 0.3) is 0 Å². The van der Waals surface area contributed by atoms with E-state index in [1.807, 2.05) is 0 Å². The predicted molar refractivity (Wildman–Crippen MR) is 129 cm³/mol. The van der Waals surface area contributed by atoms with E-state index >= 15 is 0 Å². The third-order valence-electron chi connectivity index (χ3n) is 6.50. The maximum Gasteiger partial charge on any atom is 0.427 e. The zero-order valence-electron chi connectivity index (χ0n) is 21.5. The average Bonchev–Trinajstić information content (AvgIpc) is 3.44. The summed E-state index contributed by atoms with van der Waals surface area (Å²) in [4.78, 5) is 63.3. The van der Waals surface area contributed by atoms with Crippen LogP contribution < -0.4 is 16.0 Å².